The molecule has 0 radical (unpaired) electrons. The first kappa shape index (κ1) is 19.7. The second kappa shape index (κ2) is 8.84. The molecule has 0 aliphatic carbocycles. The summed E-state index contributed by atoms with van der Waals surface area (Å²) in [6.07, 6.45) is 2.09. The van der Waals surface area contributed by atoms with Crippen LogP contribution >= 0.6 is 11.3 Å². The van der Waals surface area contributed by atoms with Gasteiger partial charge in [-0.3, -0.25) is 4.79 Å². The van der Waals surface area contributed by atoms with Crippen molar-refractivity contribution in [2.45, 2.75) is 25.4 Å². The summed E-state index contributed by atoms with van der Waals surface area (Å²) in [6.45, 7) is -0.910. The van der Waals surface area contributed by atoms with Gasteiger partial charge in [0.25, 0.3) is 5.91 Å². The number of quaternary nitrogens is 1. The molecular weight excluding hydrogens is 396 g/mol. The fourth-order valence-corrected chi connectivity index (χ4v) is 4.88. The molecular formula is C21H22F2N3O2S+. The molecule has 2 aromatic carbocycles. The van der Waals surface area contributed by atoms with E-state index >= 15 is 0 Å². The molecule has 152 valence electrons. The number of halogens is 2. The number of amides is 1. The lowest BCUT2D eigenvalue weighted by Gasteiger charge is -2.28. The lowest BCUT2D eigenvalue weighted by atomic mass is 9.99. The molecule has 3 aromatic rings. The summed E-state index contributed by atoms with van der Waals surface area (Å²) in [6, 6.07) is 14.3. The Bertz CT molecular complexity index is 962. The van der Waals surface area contributed by atoms with Gasteiger partial charge < -0.3 is 15.0 Å². The number of fused-ring (bicyclic) bond motifs is 1. The summed E-state index contributed by atoms with van der Waals surface area (Å²) in [5, 5.41) is 3.83. The molecule has 29 heavy (non-hydrogen) atoms. The second-order valence-corrected chi connectivity index (χ2v) is 8.22. The number of para-hydroxylation sites is 3. The number of rotatable bonds is 6. The van der Waals surface area contributed by atoms with Gasteiger partial charge in [-0.1, -0.05) is 24.3 Å². The molecule has 5 nitrogen and oxygen atoms in total. The van der Waals surface area contributed by atoms with Crippen molar-refractivity contribution in [3.05, 3.63) is 53.5 Å². The number of benzene rings is 2. The van der Waals surface area contributed by atoms with Crippen LogP contribution in [0.3, 0.4) is 0 Å². The third kappa shape index (κ3) is 4.89. The predicted octanol–water partition coefficient (Wildman–Crippen LogP) is 3.30. The Morgan fingerprint density at radius 3 is 2.86 bits per heavy atom. The van der Waals surface area contributed by atoms with Gasteiger partial charge >= 0.3 is 6.61 Å². The van der Waals surface area contributed by atoms with Crippen LogP contribution in [-0.2, 0) is 4.79 Å². The van der Waals surface area contributed by atoms with Gasteiger partial charge in [0.05, 0.1) is 34.9 Å². The second-order valence-electron chi connectivity index (χ2n) is 7.16. The minimum atomic E-state index is -2.93. The van der Waals surface area contributed by atoms with Crippen LogP contribution in [0.1, 0.15) is 23.8 Å². The molecule has 0 saturated carbocycles. The molecule has 2 N–H and O–H groups in total. The summed E-state index contributed by atoms with van der Waals surface area (Å²) in [4.78, 5) is 18.5. The highest BCUT2D eigenvalue weighted by atomic mass is 32.1. The maximum atomic E-state index is 12.5. The van der Waals surface area contributed by atoms with Crippen molar-refractivity contribution in [2.24, 2.45) is 0 Å². The van der Waals surface area contributed by atoms with Crippen LogP contribution < -0.4 is 15.0 Å². The number of aromatic nitrogens is 1. The van der Waals surface area contributed by atoms with E-state index in [1.807, 2.05) is 18.2 Å². The average Bonchev–Trinajstić information content (AvgIpc) is 3.14. The molecule has 1 saturated heterocycles. The first-order chi connectivity index (χ1) is 14.1. The summed E-state index contributed by atoms with van der Waals surface area (Å²) in [7, 11) is 0. The molecule has 1 amide bonds. The molecule has 1 unspecified atom stereocenters. The smallest absolute Gasteiger partial charge is 0.387 e. The number of alkyl halides is 2. The number of nitrogens with one attached hydrogen (secondary N) is 2. The summed E-state index contributed by atoms with van der Waals surface area (Å²) in [5.41, 5.74) is 1.28. The normalized spacial score (nSPS) is 19.4. The fraction of sp³-hybridized carbons (Fsp3) is 0.333. The number of anilines is 1. The number of ether oxygens (including phenoxy) is 1. The molecule has 8 heteroatoms. The van der Waals surface area contributed by atoms with Gasteiger partial charge in [0.1, 0.15) is 10.8 Å². The van der Waals surface area contributed by atoms with Crippen molar-refractivity contribution >= 4 is 33.1 Å². The first-order valence-electron chi connectivity index (χ1n) is 9.61. The molecule has 1 aliphatic rings. The van der Waals surface area contributed by atoms with Gasteiger partial charge in [0.15, 0.2) is 6.54 Å². The van der Waals surface area contributed by atoms with E-state index in [-0.39, 0.29) is 23.9 Å². The van der Waals surface area contributed by atoms with Gasteiger partial charge in [-0.25, -0.2) is 4.98 Å². The maximum absolute atomic E-state index is 12.5. The van der Waals surface area contributed by atoms with Crippen molar-refractivity contribution in [1.29, 1.82) is 0 Å². The predicted molar refractivity (Wildman–Crippen MR) is 109 cm³/mol. The van der Waals surface area contributed by atoms with E-state index < -0.39 is 6.61 Å². The molecule has 2 heterocycles. The minimum absolute atomic E-state index is 0.0307. The Morgan fingerprint density at radius 2 is 2.03 bits per heavy atom. The largest absolute Gasteiger partial charge is 0.433 e. The van der Waals surface area contributed by atoms with Crippen molar-refractivity contribution in [3.63, 3.8) is 0 Å². The van der Waals surface area contributed by atoms with E-state index in [0.29, 0.717) is 5.92 Å². The van der Waals surface area contributed by atoms with Gasteiger partial charge in [0, 0.05) is 0 Å². The Balaban J connectivity index is 1.39. The Kier molecular flexibility index (Phi) is 6.01. The van der Waals surface area contributed by atoms with Crippen LogP contribution in [0.25, 0.3) is 10.2 Å². The number of hydrogen-bond donors (Lipinski definition) is 2. The van der Waals surface area contributed by atoms with E-state index in [1.54, 1.807) is 29.5 Å². The number of piperidine rings is 1. The highest BCUT2D eigenvalue weighted by molar-refractivity contribution is 7.18. The third-order valence-electron chi connectivity index (χ3n) is 5.07. The fourth-order valence-electron chi connectivity index (χ4n) is 3.78. The number of nitrogens with zero attached hydrogens (tertiary/aromatic N) is 1. The lowest BCUT2D eigenvalue weighted by Crippen LogP contribution is -3.14. The summed E-state index contributed by atoms with van der Waals surface area (Å²) in [5.74, 6) is 0.0884. The Morgan fingerprint density at radius 1 is 1.24 bits per heavy atom. The number of likely N-dealkylation sites (tertiary alicyclic amines) is 1. The molecule has 0 bridgehead atoms. The van der Waals surface area contributed by atoms with Crippen LogP contribution in [-0.4, -0.2) is 37.1 Å². The van der Waals surface area contributed by atoms with E-state index in [9.17, 15) is 13.6 Å². The Hall–Kier alpha value is -2.58. The molecule has 1 aromatic heterocycles. The molecule has 2 atom stereocenters. The van der Waals surface area contributed by atoms with Gasteiger partial charge in [0.2, 0.25) is 0 Å². The SMILES string of the molecule is O=C(C[NH+]1CCC[C@@H](c2nc3ccccc3s2)C1)Nc1ccccc1OC(F)F. The number of carbonyl (C=O) groups is 1. The van der Waals surface area contributed by atoms with E-state index in [4.69, 9.17) is 4.98 Å². The highest BCUT2D eigenvalue weighted by Crippen LogP contribution is 2.30. The number of thiazole rings is 1. The molecule has 0 spiro atoms. The van der Waals surface area contributed by atoms with Crippen LogP contribution in [0.4, 0.5) is 14.5 Å². The van der Waals surface area contributed by atoms with Crippen LogP contribution in [0, 0.1) is 0 Å². The van der Waals surface area contributed by atoms with Crippen molar-refractivity contribution in [2.75, 3.05) is 25.0 Å². The van der Waals surface area contributed by atoms with Crippen LogP contribution in [0.15, 0.2) is 48.5 Å². The average molecular weight is 418 g/mol. The molecule has 1 aliphatic heterocycles. The van der Waals surface area contributed by atoms with Crippen molar-refractivity contribution in [3.8, 4) is 5.75 Å². The molecule has 4 rings (SSSR count). The van der Waals surface area contributed by atoms with Gasteiger partial charge in [-0.05, 0) is 37.1 Å². The van der Waals surface area contributed by atoms with E-state index in [1.165, 1.54) is 15.7 Å². The quantitative estimate of drug-likeness (QED) is 0.646. The zero-order chi connectivity index (χ0) is 20.2. The molecule has 1 fully saturated rings. The zero-order valence-electron chi connectivity index (χ0n) is 15.7. The highest BCUT2D eigenvalue weighted by Gasteiger charge is 2.28. The van der Waals surface area contributed by atoms with E-state index in [0.717, 1.165) is 36.5 Å². The van der Waals surface area contributed by atoms with Crippen LogP contribution in [0.5, 0.6) is 5.75 Å². The lowest BCUT2D eigenvalue weighted by molar-refractivity contribution is -0.898. The maximum Gasteiger partial charge on any atom is 0.387 e. The first-order valence-corrected chi connectivity index (χ1v) is 10.4. The van der Waals surface area contributed by atoms with Gasteiger partial charge in [-0.15, -0.1) is 11.3 Å². The van der Waals surface area contributed by atoms with Crippen molar-refractivity contribution in [1.82, 2.24) is 4.98 Å². The number of carbonyl (C=O) groups excluding carboxylic acids is 1. The number of hydrogen-bond acceptors (Lipinski definition) is 4. The van der Waals surface area contributed by atoms with Crippen LogP contribution in [0.2, 0.25) is 0 Å². The standard InChI is InChI=1S/C21H21F2N3O2S/c22-21(23)28-17-9-3-1-7-15(17)24-19(27)13-26-11-5-6-14(12-26)20-25-16-8-2-4-10-18(16)29-20/h1-4,7-10,14,21H,5-6,11-13H2,(H,24,27)/p+1/t14-/m1/s1. The monoisotopic (exact) mass is 418 g/mol. The summed E-state index contributed by atoms with van der Waals surface area (Å²) >= 11 is 1.72. The van der Waals surface area contributed by atoms with Gasteiger partial charge in [-0.2, -0.15) is 8.78 Å². The topological polar surface area (TPSA) is 55.7 Å². The van der Waals surface area contributed by atoms with Crippen molar-refractivity contribution < 1.29 is 23.2 Å². The minimum Gasteiger partial charge on any atom is -0.433 e. The summed E-state index contributed by atoms with van der Waals surface area (Å²) < 4.78 is 30.8. The Labute approximate surface area is 171 Å². The van der Waals surface area contributed by atoms with E-state index in [2.05, 4.69) is 16.1 Å². The third-order valence-corrected chi connectivity index (χ3v) is 6.26. The zero-order valence-corrected chi connectivity index (χ0v) is 16.6.